The van der Waals surface area contributed by atoms with E-state index < -0.39 is 24.6 Å². The Balaban J connectivity index is 1.79. The maximum absolute atomic E-state index is 14.3. The van der Waals surface area contributed by atoms with Crippen molar-refractivity contribution in [2.24, 2.45) is 0 Å². The Morgan fingerprint density at radius 3 is 3.18 bits per heavy atom. The van der Waals surface area contributed by atoms with Crippen LogP contribution in [0, 0.1) is 5.82 Å². The predicted molar refractivity (Wildman–Crippen MR) is 106 cm³/mol. The molecule has 1 unspecified atom stereocenters. The molecule has 2 bridgehead atoms. The van der Waals surface area contributed by atoms with E-state index in [0.29, 0.717) is 41.3 Å². The van der Waals surface area contributed by atoms with Crippen LogP contribution in [0.15, 0.2) is 37.3 Å². The van der Waals surface area contributed by atoms with E-state index in [2.05, 4.69) is 22.0 Å². The lowest BCUT2D eigenvalue weighted by Gasteiger charge is -2.27. The van der Waals surface area contributed by atoms with E-state index in [9.17, 15) is 4.39 Å². The largest absolute Gasteiger partial charge is 0.382 e. The average molecular weight is 382 g/mol. The first-order chi connectivity index (χ1) is 15.1. The van der Waals surface area contributed by atoms with E-state index in [4.69, 9.17) is 10.5 Å². The Hall–Kier alpha value is -2.96. The molecule has 2 aliphatic heterocycles. The van der Waals surface area contributed by atoms with Crippen LogP contribution in [-0.4, -0.2) is 32.2 Å². The topological polar surface area (TPSA) is 58.4 Å². The lowest BCUT2D eigenvalue weighted by Crippen LogP contribution is -2.26. The molecule has 6 nitrogen and oxygen atoms in total. The van der Waals surface area contributed by atoms with Crippen LogP contribution in [0.2, 0.25) is 0 Å². The quantitative estimate of drug-likeness (QED) is 0.645. The van der Waals surface area contributed by atoms with Crippen molar-refractivity contribution in [2.75, 3.05) is 11.4 Å². The zero-order valence-corrected chi connectivity index (χ0v) is 15.5. The Kier molecular flexibility index (Phi) is 3.12. The summed E-state index contributed by atoms with van der Waals surface area (Å²) in [7, 11) is 0. The Labute approximate surface area is 168 Å². The first-order valence-electron chi connectivity index (χ1n) is 11.3. The fraction of sp³-hybridized carbons (Fsp3) is 0.381. The van der Waals surface area contributed by atoms with Crippen LogP contribution < -0.4 is 10.2 Å². The van der Waals surface area contributed by atoms with E-state index >= 15 is 0 Å². The molecule has 0 aromatic carbocycles. The molecule has 1 saturated heterocycles. The smallest absolute Gasteiger partial charge is 0.166 e. The van der Waals surface area contributed by atoms with Gasteiger partial charge in [-0.25, -0.2) is 13.9 Å². The number of hydrogen-bond acceptors (Lipinski definition) is 5. The number of anilines is 1. The van der Waals surface area contributed by atoms with Crippen molar-refractivity contribution in [3.05, 3.63) is 59.9 Å². The average Bonchev–Trinajstić information content (AvgIpc) is 3.39. The lowest BCUT2D eigenvalue weighted by molar-refractivity contribution is 0.575. The summed E-state index contributed by atoms with van der Waals surface area (Å²) in [5, 5.41) is 7.31. The second-order valence-electron chi connectivity index (χ2n) is 7.17. The molecule has 0 radical (unpaired) electrons. The van der Waals surface area contributed by atoms with Gasteiger partial charge in [0, 0.05) is 35.7 Å². The molecule has 7 heteroatoms. The van der Waals surface area contributed by atoms with Crippen molar-refractivity contribution in [1.29, 1.82) is 0 Å². The molecule has 0 saturated carbocycles. The second-order valence-corrected chi connectivity index (χ2v) is 7.17. The van der Waals surface area contributed by atoms with Crippen LogP contribution in [0.25, 0.3) is 11.3 Å². The van der Waals surface area contributed by atoms with Crippen molar-refractivity contribution >= 4 is 17.2 Å². The van der Waals surface area contributed by atoms with Crippen molar-refractivity contribution < 1.29 is 9.87 Å². The Morgan fingerprint density at radius 1 is 1.39 bits per heavy atom. The molecule has 3 aromatic rings. The number of halogens is 1. The number of aromatic nitrogens is 4. The van der Waals surface area contributed by atoms with Gasteiger partial charge < -0.3 is 10.2 Å². The minimum absolute atomic E-state index is 0.0941. The van der Waals surface area contributed by atoms with Gasteiger partial charge in [-0.05, 0) is 50.2 Å². The molecule has 28 heavy (non-hydrogen) atoms. The van der Waals surface area contributed by atoms with Gasteiger partial charge in [0.15, 0.2) is 5.65 Å². The van der Waals surface area contributed by atoms with Crippen LogP contribution >= 0.6 is 0 Å². The van der Waals surface area contributed by atoms with Crippen molar-refractivity contribution in [2.45, 2.75) is 44.6 Å². The maximum Gasteiger partial charge on any atom is 0.166 e. The fourth-order valence-electron chi connectivity index (χ4n) is 3.96. The molecule has 1 N–H and O–H groups in total. The van der Waals surface area contributed by atoms with Crippen molar-refractivity contribution in [1.82, 2.24) is 24.9 Å². The third kappa shape index (κ3) is 2.82. The van der Waals surface area contributed by atoms with Crippen molar-refractivity contribution in [3.63, 3.8) is 0 Å². The number of pyridine rings is 1. The molecule has 144 valence electrons. The summed E-state index contributed by atoms with van der Waals surface area (Å²) in [5.41, 5.74) is 1.80. The lowest BCUT2D eigenvalue weighted by atomic mass is 9.98. The van der Waals surface area contributed by atoms with Crippen LogP contribution in [0.4, 0.5) is 10.2 Å². The standard InChI is InChI=1S/C21H23FN6/c1-13-5-6-18-16(10-15(22)11-23-18)19-4-3-8-27(19)20-7-9-28-21(26-20)17(12-24-28)14(2)25-13/h7,9-13,19,25H,2-6,8H2,1H3/t13-,19?/m1/s1/i5D2,6D2. The van der Waals surface area contributed by atoms with Gasteiger partial charge in [0.1, 0.15) is 11.6 Å². The van der Waals surface area contributed by atoms with Gasteiger partial charge in [0.2, 0.25) is 0 Å². The van der Waals surface area contributed by atoms with Gasteiger partial charge in [0.25, 0.3) is 0 Å². The highest BCUT2D eigenvalue weighted by atomic mass is 19.1. The zero-order chi connectivity index (χ0) is 22.8. The van der Waals surface area contributed by atoms with E-state index in [1.807, 2.05) is 11.0 Å². The first-order valence-corrected chi connectivity index (χ1v) is 9.34. The van der Waals surface area contributed by atoms with Gasteiger partial charge in [-0.1, -0.05) is 6.58 Å². The molecule has 2 aliphatic rings. The molecular formula is C21H23FN6. The SMILES string of the molecule is [2H]C1([2H])c2ncc(F)cc2C2CCCN2c2ccn3ncc(c3n2)C(=C)N[C@H](C)C1([2H])[2H]. The summed E-state index contributed by atoms with van der Waals surface area (Å²) in [6, 6.07) is 1.73. The summed E-state index contributed by atoms with van der Waals surface area (Å²) in [4.78, 5) is 10.9. The van der Waals surface area contributed by atoms with Gasteiger partial charge in [-0.3, -0.25) is 4.98 Å². The molecule has 3 aromatic heterocycles. The zero-order valence-electron chi connectivity index (χ0n) is 19.5. The van der Waals surface area contributed by atoms with Crippen LogP contribution in [-0.2, 0) is 6.37 Å². The monoisotopic (exact) mass is 382 g/mol. The van der Waals surface area contributed by atoms with Gasteiger partial charge in [-0.2, -0.15) is 5.10 Å². The van der Waals surface area contributed by atoms with Gasteiger partial charge in [-0.15, -0.1) is 0 Å². The maximum atomic E-state index is 14.3. The number of nitrogens with zero attached hydrogens (tertiary/aromatic N) is 5. The molecule has 1 fully saturated rings. The number of aryl methyl sites for hydroxylation is 1. The van der Waals surface area contributed by atoms with E-state index in [0.717, 1.165) is 12.6 Å². The molecule has 0 amide bonds. The minimum atomic E-state index is -2.51. The summed E-state index contributed by atoms with van der Waals surface area (Å²) >= 11 is 0. The summed E-state index contributed by atoms with van der Waals surface area (Å²) in [5.74, 6) is 0.0675. The first kappa shape index (κ1) is 13.3. The Bertz CT molecular complexity index is 1230. The van der Waals surface area contributed by atoms with Crippen molar-refractivity contribution in [3.8, 4) is 0 Å². The Morgan fingerprint density at radius 2 is 2.29 bits per heavy atom. The molecule has 2 atom stereocenters. The second kappa shape index (κ2) is 6.58. The third-order valence-corrected chi connectivity index (χ3v) is 5.27. The summed E-state index contributed by atoms with van der Waals surface area (Å²) in [6.45, 7) is 6.24. The van der Waals surface area contributed by atoms with Crippen LogP contribution in [0.3, 0.4) is 0 Å². The molecule has 0 aliphatic carbocycles. The number of rotatable bonds is 0. The summed E-state index contributed by atoms with van der Waals surface area (Å²) < 4.78 is 50.9. The normalized spacial score (nSPS) is 27.9. The molecule has 5 rings (SSSR count). The number of fused-ring (bicyclic) bond motifs is 5. The number of nitrogens with one attached hydrogen (secondary N) is 1. The fourth-order valence-corrected chi connectivity index (χ4v) is 3.96. The highest BCUT2D eigenvalue weighted by Crippen LogP contribution is 2.37. The third-order valence-electron chi connectivity index (χ3n) is 5.27. The highest BCUT2D eigenvalue weighted by molar-refractivity contribution is 5.74. The van der Waals surface area contributed by atoms with E-state index in [1.165, 1.54) is 6.07 Å². The predicted octanol–water partition coefficient (Wildman–Crippen LogP) is 3.50. The van der Waals surface area contributed by atoms with Gasteiger partial charge in [0.05, 0.1) is 24.0 Å². The van der Waals surface area contributed by atoms with E-state index in [-0.39, 0.29) is 11.7 Å². The van der Waals surface area contributed by atoms with Gasteiger partial charge >= 0.3 is 0 Å². The summed E-state index contributed by atoms with van der Waals surface area (Å²) in [6.07, 6.45) is 0.887. The molecule has 5 heterocycles. The van der Waals surface area contributed by atoms with Crippen LogP contribution in [0.1, 0.15) is 54.5 Å². The van der Waals surface area contributed by atoms with E-state index in [1.54, 1.807) is 23.8 Å². The number of hydrogen-bond donors (Lipinski definition) is 1. The molecular weight excluding hydrogens is 355 g/mol. The minimum Gasteiger partial charge on any atom is -0.382 e. The molecule has 0 spiro atoms. The van der Waals surface area contributed by atoms with Crippen LogP contribution in [0.5, 0.6) is 0 Å². The highest BCUT2D eigenvalue weighted by Gasteiger charge is 2.30.